The van der Waals surface area contributed by atoms with Gasteiger partial charge < -0.3 is 14.8 Å². The molecule has 2 rings (SSSR count). The summed E-state index contributed by atoms with van der Waals surface area (Å²) in [6.07, 6.45) is 0. The first-order chi connectivity index (χ1) is 10.2. The largest absolute Gasteiger partial charge is 0.490 e. The van der Waals surface area contributed by atoms with Gasteiger partial charge in [-0.15, -0.1) is 0 Å². The lowest BCUT2D eigenvalue weighted by Crippen LogP contribution is -2.12. The molecule has 1 N–H and O–H groups in total. The van der Waals surface area contributed by atoms with Crippen molar-refractivity contribution in [2.45, 2.75) is 6.92 Å². The van der Waals surface area contributed by atoms with Crippen molar-refractivity contribution in [3.63, 3.8) is 0 Å². The zero-order chi connectivity index (χ0) is 15.1. The van der Waals surface area contributed by atoms with Crippen LogP contribution in [0.5, 0.6) is 11.5 Å². The van der Waals surface area contributed by atoms with Gasteiger partial charge in [-0.25, -0.2) is 4.39 Å². The van der Waals surface area contributed by atoms with Crippen LogP contribution in [0.25, 0.3) is 0 Å². The van der Waals surface area contributed by atoms with Crippen molar-refractivity contribution in [1.82, 2.24) is 0 Å². The molecule has 0 bridgehead atoms. The Morgan fingerprint density at radius 1 is 1.10 bits per heavy atom. The maximum Gasteiger partial charge on any atom is 0.161 e. The number of ether oxygens (including phenoxy) is 2. The van der Waals surface area contributed by atoms with E-state index in [2.05, 4.69) is 5.32 Å². The van der Waals surface area contributed by atoms with E-state index >= 15 is 0 Å². The van der Waals surface area contributed by atoms with Gasteiger partial charge in [-0.3, -0.25) is 0 Å². The minimum absolute atomic E-state index is 0.361. The molecular formula is C16H17ClFNO2. The molecule has 2 aromatic rings. The van der Waals surface area contributed by atoms with Gasteiger partial charge in [-0.05, 0) is 37.3 Å². The first-order valence-corrected chi connectivity index (χ1v) is 7.11. The molecule has 0 radical (unpaired) electrons. The molecule has 0 unspecified atom stereocenters. The van der Waals surface area contributed by atoms with Gasteiger partial charge in [0.05, 0.1) is 6.61 Å². The number of anilines is 1. The van der Waals surface area contributed by atoms with E-state index in [0.717, 1.165) is 0 Å². The third kappa shape index (κ3) is 4.83. The summed E-state index contributed by atoms with van der Waals surface area (Å²) >= 11 is 5.79. The zero-order valence-electron chi connectivity index (χ0n) is 11.7. The summed E-state index contributed by atoms with van der Waals surface area (Å²) in [4.78, 5) is 0. The Bertz CT molecular complexity index is 572. The summed E-state index contributed by atoms with van der Waals surface area (Å²) in [5.74, 6) is 1.04. The third-order valence-electron chi connectivity index (χ3n) is 2.70. The second kappa shape index (κ2) is 7.74. The Morgan fingerprint density at radius 2 is 1.81 bits per heavy atom. The van der Waals surface area contributed by atoms with Crippen LogP contribution in [0.2, 0.25) is 5.02 Å². The average Bonchev–Trinajstić information content (AvgIpc) is 2.44. The first kappa shape index (κ1) is 15.4. The van der Waals surface area contributed by atoms with E-state index in [9.17, 15) is 4.39 Å². The molecule has 0 aliphatic heterocycles. The molecule has 0 aliphatic carbocycles. The van der Waals surface area contributed by atoms with Crippen LogP contribution in [-0.4, -0.2) is 19.8 Å². The molecule has 112 valence electrons. The van der Waals surface area contributed by atoms with Crippen LogP contribution in [0.15, 0.2) is 42.5 Å². The highest BCUT2D eigenvalue weighted by Crippen LogP contribution is 2.26. The van der Waals surface area contributed by atoms with E-state index < -0.39 is 0 Å². The molecule has 21 heavy (non-hydrogen) atoms. The van der Waals surface area contributed by atoms with Crippen molar-refractivity contribution >= 4 is 17.3 Å². The fourth-order valence-electron chi connectivity index (χ4n) is 1.86. The van der Waals surface area contributed by atoms with Gasteiger partial charge >= 0.3 is 0 Å². The van der Waals surface area contributed by atoms with Crippen LogP contribution in [-0.2, 0) is 0 Å². The van der Waals surface area contributed by atoms with E-state index in [4.69, 9.17) is 21.1 Å². The molecule has 0 fully saturated rings. The van der Waals surface area contributed by atoms with Crippen molar-refractivity contribution < 1.29 is 13.9 Å². The quantitative estimate of drug-likeness (QED) is 0.770. The summed E-state index contributed by atoms with van der Waals surface area (Å²) in [5, 5.41) is 3.42. The van der Waals surface area contributed by atoms with Crippen LogP contribution in [0.4, 0.5) is 10.1 Å². The summed E-state index contributed by atoms with van der Waals surface area (Å²) in [5.41, 5.74) is 0.627. The number of hydrogen-bond donors (Lipinski definition) is 1. The average molecular weight is 310 g/mol. The topological polar surface area (TPSA) is 30.5 Å². The zero-order valence-corrected chi connectivity index (χ0v) is 12.5. The number of halogens is 2. The minimum atomic E-state index is -0.368. The molecule has 0 spiro atoms. The lowest BCUT2D eigenvalue weighted by Gasteiger charge is -2.12. The molecule has 5 heteroatoms. The van der Waals surface area contributed by atoms with Crippen LogP contribution in [0.3, 0.4) is 0 Å². The Hall–Kier alpha value is -1.94. The molecule has 0 saturated carbocycles. The highest BCUT2D eigenvalue weighted by atomic mass is 35.5. The number of hydrogen-bond acceptors (Lipinski definition) is 3. The van der Waals surface area contributed by atoms with Crippen LogP contribution >= 0.6 is 11.6 Å². The van der Waals surface area contributed by atoms with Crippen molar-refractivity contribution in [1.29, 1.82) is 0 Å². The highest BCUT2D eigenvalue weighted by Gasteiger charge is 2.03. The van der Waals surface area contributed by atoms with Gasteiger partial charge in [0, 0.05) is 17.3 Å². The molecule has 0 heterocycles. The molecular weight excluding hydrogens is 293 g/mol. The lowest BCUT2D eigenvalue weighted by atomic mass is 10.3. The third-order valence-corrected chi connectivity index (χ3v) is 2.92. The smallest absolute Gasteiger partial charge is 0.161 e. The molecule has 2 aromatic carbocycles. The fraction of sp³-hybridized carbons (Fsp3) is 0.250. The van der Waals surface area contributed by atoms with Crippen molar-refractivity contribution in [3.05, 3.63) is 53.3 Å². The van der Waals surface area contributed by atoms with E-state index in [-0.39, 0.29) is 5.82 Å². The van der Waals surface area contributed by atoms with E-state index in [1.54, 1.807) is 6.07 Å². The fourth-order valence-corrected chi connectivity index (χ4v) is 2.08. The second-order valence-electron chi connectivity index (χ2n) is 4.31. The van der Waals surface area contributed by atoms with E-state index in [1.165, 1.54) is 12.1 Å². The first-order valence-electron chi connectivity index (χ1n) is 6.73. The van der Waals surface area contributed by atoms with Crippen molar-refractivity contribution in [3.8, 4) is 11.5 Å². The van der Waals surface area contributed by atoms with Crippen molar-refractivity contribution in [2.24, 2.45) is 0 Å². The maximum absolute atomic E-state index is 13.2. The van der Waals surface area contributed by atoms with Gasteiger partial charge in [0.1, 0.15) is 12.4 Å². The van der Waals surface area contributed by atoms with Crippen LogP contribution in [0, 0.1) is 5.82 Å². The molecule has 0 amide bonds. The summed E-state index contributed by atoms with van der Waals surface area (Å²) in [6, 6.07) is 11.8. The molecule has 0 atom stereocenters. The van der Waals surface area contributed by atoms with Gasteiger partial charge in [0.2, 0.25) is 0 Å². The Morgan fingerprint density at radius 3 is 2.48 bits per heavy atom. The highest BCUT2D eigenvalue weighted by molar-refractivity contribution is 6.30. The predicted octanol–water partition coefficient (Wildman–Crippen LogP) is 4.37. The number of rotatable bonds is 7. The predicted molar refractivity (Wildman–Crippen MR) is 83.0 cm³/mol. The van der Waals surface area contributed by atoms with Gasteiger partial charge in [-0.2, -0.15) is 0 Å². The van der Waals surface area contributed by atoms with Gasteiger partial charge in [-0.1, -0.05) is 23.7 Å². The number of benzene rings is 2. The van der Waals surface area contributed by atoms with Crippen molar-refractivity contribution in [2.75, 3.05) is 25.1 Å². The molecule has 0 aromatic heterocycles. The van der Waals surface area contributed by atoms with Gasteiger partial charge in [0.15, 0.2) is 11.5 Å². The van der Waals surface area contributed by atoms with Gasteiger partial charge in [0.25, 0.3) is 0 Å². The molecule has 0 saturated heterocycles. The Kier molecular flexibility index (Phi) is 5.69. The van der Waals surface area contributed by atoms with E-state index in [0.29, 0.717) is 42.0 Å². The summed E-state index contributed by atoms with van der Waals surface area (Å²) in [6.45, 7) is 3.46. The van der Waals surface area contributed by atoms with E-state index in [1.807, 2.05) is 31.2 Å². The molecule has 3 nitrogen and oxygen atoms in total. The monoisotopic (exact) mass is 309 g/mol. The minimum Gasteiger partial charge on any atom is -0.490 e. The number of para-hydroxylation sites is 2. The Labute approximate surface area is 128 Å². The Balaban J connectivity index is 1.84. The van der Waals surface area contributed by atoms with Crippen LogP contribution in [0.1, 0.15) is 6.92 Å². The van der Waals surface area contributed by atoms with Crippen LogP contribution < -0.4 is 14.8 Å². The normalized spacial score (nSPS) is 10.2. The standard InChI is InChI=1S/C16H17ClFNO2/c1-2-20-15-5-3-4-6-16(15)21-8-7-19-14-10-12(17)9-13(18)11-14/h3-6,9-11,19H,2,7-8H2,1H3. The second-order valence-corrected chi connectivity index (χ2v) is 4.75. The SMILES string of the molecule is CCOc1ccccc1OCCNc1cc(F)cc(Cl)c1. The molecule has 0 aliphatic rings. The maximum atomic E-state index is 13.2. The number of nitrogens with one attached hydrogen (secondary N) is 1. The lowest BCUT2D eigenvalue weighted by molar-refractivity contribution is 0.284. The summed E-state index contributed by atoms with van der Waals surface area (Å²) in [7, 11) is 0. The summed E-state index contributed by atoms with van der Waals surface area (Å²) < 4.78 is 24.3.